The fourth-order valence-corrected chi connectivity index (χ4v) is 5.67. The number of ether oxygens (including phenoxy) is 2. The van der Waals surface area contributed by atoms with Crippen LogP contribution in [-0.4, -0.2) is 54.8 Å². The van der Waals surface area contributed by atoms with Gasteiger partial charge in [0, 0.05) is 28.3 Å². The summed E-state index contributed by atoms with van der Waals surface area (Å²) in [5.41, 5.74) is -0.172. The number of ketones is 1. The second-order valence-electron chi connectivity index (χ2n) is 11.7. The molecule has 1 saturated carbocycles. The molecule has 0 spiro atoms. The van der Waals surface area contributed by atoms with Crippen molar-refractivity contribution in [2.45, 2.75) is 44.8 Å². The maximum Gasteiger partial charge on any atom is 0.412 e. The first-order valence-corrected chi connectivity index (χ1v) is 14.2. The molecule has 1 aliphatic heterocycles. The van der Waals surface area contributed by atoms with Crippen molar-refractivity contribution in [1.29, 1.82) is 0 Å². The molecule has 2 aliphatic rings. The van der Waals surface area contributed by atoms with E-state index in [1.807, 2.05) is 0 Å². The molecule has 6 rings (SSSR count). The van der Waals surface area contributed by atoms with Crippen molar-refractivity contribution in [3.05, 3.63) is 87.1 Å². The number of amides is 1. The third kappa shape index (κ3) is 5.80. The van der Waals surface area contributed by atoms with Crippen LogP contribution in [0.15, 0.2) is 53.6 Å². The molecule has 3 heterocycles. The van der Waals surface area contributed by atoms with Crippen LogP contribution >= 0.6 is 11.6 Å². The maximum atomic E-state index is 14.8. The van der Waals surface area contributed by atoms with Gasteiger partial charge in [-0.15, -0.1) is 5.10 Å². The normalized spacial score (nSPS) is 18.1. The van der Waals surface area contributed by atoms with E-state index in [0.29, 0.717) is 34.0 Å². The molecule has 0 saturated heterocycles. The van der Waals surface area contributed by atoms with Gasteiger partial charge in [-0.05, 0) is 85.5 Å². The van der Waals surface area contributed by atoms with E-state index in [4.69, 9.17) is 21.1 Å². The number of fused-ring (bicyclic) bond motifs is 3. The molecular weight excluding hydrogens is 614 g/mol. The van der Waals surface area contributed by atoms with Crippen LogP contribution < -0.4 is 10.9 Å². The number of hydrogen-bond acceptors (Lipinski definition) is 9. The summed E-state index contributed by atoms with van der Waals surface area (Å²) >= 11 is 6.26. The lowest BCUT2D eigenvalue weighted by molar-refractivity contribution is -0.147. The number of Topliss-reactive ketones (excluding diaryl/α,β-unsaturated/α-hetero) is 1. The number of pyridine rings is 1. The second kappa shape index (κ2) is 11.2. The van der Waals surface area contributed by atoms with Crippen molar-refractivity contribution in [2.75, 3.05) is 11.9 Å². The highest BCUT2D eigenvalue weighted by molar-refractivity contribution is 6.31. The number of tetrazole rings is 1. The number of carbonyl (C=O) groups is 3. The zero-order chi connectivity index (χ0) is 32.2. The van der Waals surface area contributed by atoms with Gasteiger partial charge in [0.1, 0.15) is 18.0 Å². The van der Waals surface area contributed by atoms with Gasteiger partial charge in [-0.2, -0.15) is 4.68 Å². The quantitative estimate of drug-likeness (QED) is 0.221. The van der Waals surface area contributed by atoms with Gasteiger partial charge in [-0.3, -0.25) is 19.5 Å². The number of benzene rings is 2. The first kappa shape index (κ1) is 30.1. The lowest BCUT2D eigenvalue weighted by Gasteiger charge is -2.20. The van der Waals surface area contributed by atoms with Gasteiger partial charge in [0.25, 0.3) is 5.56 Å². The van der Waals surface area contributed by atoms with Crippen molar-refractivity contribution in [1.82, 2.24) is 24.8 Å². The Morgan fingerprint density at radius 1 is 1.09 bits per heavy atom. The summed E-state index contributed by atoms with van der Waals surface area (Å²) in [6.45, 7) is 3.92. The number of rotatable bonds is 7. The largest absolute Gasteiger partial charge is 0.456 e. The van der Waals surface area contributed by atoms with Crippen molar-refractivity contribution < 1.29 is 32.6 Å². The Hall–Kier alpha value is -4.98. The van der Waals surface area contributed by atoms with Gasteiger partial charge in [0.15, 0.2) is 18.2 Å². The zero-order valence-corrected chi connectivity index (χ0v) is 24.8. The summed E-state index contributed by atoms with van der Waals surface area (Å²) in [6, 6.07) is 9.22. The van der Waals surface area contributed by atoms with E-state index in [2.05, 4.69) is 20.8 Å². The maximum absolute atomic E-state index is 14.8. The molecule has 0 radical (unpaired) electrons. The summed E-state index contributed by atoms with van der Waals surface area (Å²) in [5.74, 6) is -5.16. The predicted molar refractivity (Wildman–Crippen MR) is 155 cm³/mol. The van der Waals surface area contributed by atoms with E-state index in [1.165, 1.54) is 21.6 Å². The van der Waals surface area contributed by atoms with E-state index >= 15 is 0 Å². The molecule has 0 unspecified atom stereocenters. The molecule has 1 N–H and O–H groups in total. The molecule has 1 amide bonds. The summed E-state index contributed by atoms with van der Waals surface area (Å²) in [5, 5.41) is 13.8. The van der Waals surface area contributed by atoms with Crippen LogP contribution in [0.3, 0.4) is 0 Å². The first-order valence-electron chi connectivity index (χ1n) is 13.8. The minimum Gasteiger partial charge on any atom is -0.456 e. The molecule has 232 valence electrons. The minimum absolute atomic E-state index is 0.0851. The number of esters is 1. The van der Waals surface area contributed by atoms with Crippen LogP contribution in [0.2, 0.25) is 5.02 Å². The Bertz CT molecular complexity index is 1920. The van der Waals surface area contributed by atoms with E-state index < -0.39 is 64.5 Å². The number of anilines is 1. The van der Waals surface area contributed by atoms with Crippen LogP contribution in [0.1, 0.15) is 55.2 Å². The molecule has 1 aliphatic carbocycles. The average Bonchev–Trinajstić information content (AvgIpc) is 3.40. The van der Waals surface area contributed by atoms with Gasteiger partial charge in [-0.25, -0.2) is 18.4 Å². The van der Waals surface area contributed by atoms with Crippen LogP contribution in [0.5, 0.6) is 0 Å². The van der Waals surface area contributed by atoms with Gasteiger partial charge in [-0.1, -0.05) is 11.6 Å². The molecule has 1 fully saturated rings. The van der Waals surface area contributed by atoms with Crippen molar-refractivity contribution in [3.8, 4) is 16.8 Å². The second-order valence-corrected chi connectivity index (χ2v) is 12.1. The number of halogens is 3. The highest BCUT2D eigenvalue weighted by atomic mass is 35.5. The van der Waals surface area contributed by atoms with Gasteiger partial charge in [0.2, 0.25) is 5.78 Å². The number of aromatic nitrogens is 5. The Balaban J connectivity index is 1.19. The van der Waals surface area contributed by atoms with Crippen LogP contribution in [0.4, 0.5) is 19.3 Å². The summed E-state index contributed by atoms with van der Waals surface area (Å²) in [6.07, 6.45) is 1.02. The smallest absolute Gasteiger partial charge is 0.412 e. The lowest BCUT2D eigenvalue weighted by atomic mass is 10.0. The third-order valence-electron chi connectivity index (χ3n) is 7.47. The number of hydrogen-bond donors (Lipinski definition) is 1. The topological polar surface area (TPSA) is 147 Å². The molecule has 45 heavy (non-hydrogen) atoms. The molecule has 4 aromatic rings. The third-order valence-corrected chi connectivity index (χ3v) is 7.71. The Kier molecular flexibility index (Phi) is 7.47. The Morgan fingerprint density at radius 3 is 2.58 bits per heavy atom. The van der Waals surface area contributed by atoms with E-state index in [9.17, 15) is 28.0 Å². The SMILES string of the molecule is CC(C)(C)OC(=O)Nc1ccc(C(=O)COC(=O)[C@@H]2[C@H]3C[C@H]3c3cc(-c4cc(Cl)ccc4-n4cnnn4)cc(=O)n32)c(F)c1F. The fraction of sp³-hybridized carbons (Fsp3) is 0.300. The number of nitrogens with zero attached hydrogens (tertiary/aromatic N) is 5. The van der Waals surface area contributed by atoms with Crippen LogP contribution in [0.25, 0.3) is 16.8 Å². The number of carbonyl (C=O) groups excluding carboxylic acids is 3. The molecule has 15 heteroatoms. The first-order chi connectivity index (χ1) is 21.3. The standard InChI is InChI=1S/C30H25ClF2N6O6/c1-30(2,3)45-29(43)35-20-6-5-16(25(32)26(20)33)23(40)12-44-28(42)27-19-11-18(19)22-8-14(9-24(41)39(22)27)17-10-15(31)4-7-21(17)38-13-34-36-37-38/h4-10,13,18-19,27H,11-12H2,1-3H3,(H,35,43)/t18-,19+,27+/m1/s1. The van der Waals surface area contributed by atoms with Gasteiger partial charge < -0.3 is 9.47 Å². The molecule has 0 bridgehead atoms. The molecule has 3 atom stereocenters. The van der Waals surface area contributed by atoms with E-state index in [1.54, 1.807) is 45.0 Å². The number of nitrogens with one attached hydrogen (secondary N) is 1. The Labute approximate surface area is 258 Å². The average molecular weight is 639 g/mol. The monoisotopic (exact) mass is 638 g/mol. The lowest BCUT2D eigenvalue weighted by Crippen LogP contribution is -2.32. The molecular formula is C30H25ClF2N6O6. The van der Waals surface area contributed by atoms with Gasteiger partial charge in [0.05, 0.1) is 16.9 Å². The van der Waals surface area contributed by atoms with Crippen molar-refractivity contribution in [3.63, 3.8) is 0 Å². The zero-order valence-electron chi connectivity index (χ0n) is 24.1. The van der Waals surface area contributed by atoms with E-state index in [-0.39, 0.29) is 11.8 Å². The predicted octanol–water partition coefficient (Wildman–Crippen LogP) is 4.85. The molecule has 12 nitrogen and oxygen atoms in total. The highest BCUT2D eigenvalue weighted by Gasteiger charge is 2.56. The highest BCUT2D eigenvalue weighted by Crippen LogP contribution is 2.59. The van der Waals surface area contributed by atoms with E-state index in [0.717, 1.165) is 12.1 Å². The molecule has 2 aromatic heterocycles. The van der Waals surface area contributed by atoms with Crippen molar-refractivity contribution in [2.24, 2.45) is 5.92 Å². The summed E-state index contributed by atoms with van der Waals surface area (Å²) in [4.78, 5) is 51.2. The summed E-state index contributed by atoms with van der Waals surface area (Å²) < 4.78 is 42.4. The Morgan fingerprint density at radius 2 is 1.87 bits per heavy atom. The minimum atomic E-state index is -1.52. The summed E-state index contributed by atoms with van der Waals surface area (Å²) in [7, 11) is 0. The van der Waals surface area contributed by atoms with Crippen LogP contribution in [0, 0.1) is 17.6 Å². The van der Waals surface area contributed by atoms with Crippen molar-refractivity contribution >= 4 is 35.1 Å². The molecule has 2 aromatic carbocycles. The van der Waals surface area contributed by atoms with Crippen LogP contribution in [-0.2, 0) is 14.3 Å². The van der Waals surface area contributed by atoms with Gasteiger partial charge >= 0.3 is 12.1 Å². The fourth-order valence-electron chi connectivity index (χ4n) is 5.50.